The number of benzene rings is 4. The molecule has 0 saturated carbocycles. The molecule has 360 valence electrons. The molecular weight excluding hydrogens is 809 g/mol. The van der Waals surface area contributed by atoms with Crippen LogP contribution >= 0.6 is 0 Å². The topological polar surface area (TPSA) is 91.3 Å². The zero-order valence-electron chi connectivity index (χ0n) is 41.0. The Bertz CT molecular complexity index is 1870. The lowest BCUT2D eigenvalue weighted by atomic mass is 10.0. The van der Waals surface area contributed by atoms with E-state index in [1.807, 2.05) is 30.3 Å². The highest BCUT2D eigenvalue weighted by Gasteiger charge is 2.21. The van der Waals surface area contributed by atoms with Crippen molar-refractivity contribution in [3.05, 3.63) is 71.8 Å². The third kappa shape index (κ3) is 21.3. The number of unbranched alkanes of at least 4 members (excludes halogenated alkanes) is 27. The fraction of sp³-hybridized carbons (Fsp3) is 0.621. The summed E-state index contributed by atoms with van der Waals surface area (Å²) in [6.07, 6.45) is 37.4. The summed E-state index contributed by atoms with van der Waals surface area (Å²) in [5.74, 6) is 0.622. The first kappa shape index (κ1) is 53.4. The number of ether oxygens (including phenoxy) is 4. The van der Waals surface area contributed by atoms with Crippen LogP contribution in [0.3, 0.4) is 0 Å². The van der Waals surface area contributed by atoms with Gasteiger partial charge in [-0.1, -0.05) is 206 Å². The van der Waals surface area contributed by atoms with Crippen LogP contribution in [0.2, 0.25) is 0 Å². The number of hydrogen-bond donors (Lipinski definition) is 1. The average molecular weight is 895 g/mol. The van der Waals surface area contributed by atoms with Gasteiger partial charge in [-0.2, -0.15) is 0 Å². The lowest BCUT2D eigenvalue weighted by Crippen LogP contribution is -2.12. The molecule has 7 heteroatoms. The third-order valence-electron chi connectivity index (χ3n) is 12.7. The Morgan fingerprint density at radius 3 is 1.17 bits per heavy atom. The van der Waals surface area contributed by atoms with Gasteiger partial charge < -0.3 is 24.1 Å². The van der Waals surface area contributed by atoms with Gasteiger partial charge in [0.15, 0.2) is 11.5 Å². The molecule has 0 unspecified atom stereocenters. The second kappa shape index (κ2) is 33.2. The number of esters is 1. The number of carboxylic acid groups (broad SMARTS) is 1. The van der Waals surface area contributed by atoms with E-state index in [1.165, 1.54) is 154 Å². The van der Waals surface area contributed by atoms with Crippen LogP contribution < -0.4 is 18.9 Å². The van der Waals surface area contributed by atoms with E-state index < -0.39 is 11.9 Å². The van der Waals surface area contributed by atoms with Crippen molar-refractivity contribution in [1.29, 1.82) is 0 Å². The van der Waals surface area contributed by atoms with E-state index in [1.54, 1.807) is 30.3 Å². The minimum atomic E-state index is -0.956. The summed E-state index contributed by atoms with van der Waals surface area (Å²) in [6.45, 7) is 8.43. The summed E-state index contributed by atoms with van der Waals surface area (Å²) in [4.78, 5) is 25.6. The van der Waals surface area contributed by atoms with Crippen LogP contribution in [0.5, 0.6) is 23.0 Å². The molecule has 0 bridgehead atoms. The van der Waals surface area contributed by atoms with Crippen molar-refractivity contribution in [1.82, 2.24) is 0 Å². The first-order chi connectivity index (χ1) is 31.9. The van der Waals surface area contributed by atoms with Gasteiger partial charge in [0.05, 0.1) is 30.9 Å². The molecule has 0 amide bonds. The van der Waals surface area contributed by atoms with Gasteiger partial charge in [0.1, 0.15) is 5.75 Å². The van der Waals surface area contributed by atoms with Crippen molar-refractivity contribution in [2.45, 2.75) is 213 Å². The van der Waals surface area contributed by atoms with Gasteiger partial charge in [-0.05, 0) is 89.3 Å². The molecule has 7 nitrogen and oxygen atoms in total. The van der Waals surface area contributed by atoms with E-state index in [-0.39, 0.29) is 5.56 Å². The fourth-order valence-electron chi connectivity index (χ4n) is 8.70. The Labute approximate surface area is 393 Å². The third-order valence-corrected chi connectivity index (χ3v) is 12.7. The standard InChI is InChI=1S/C58H86O7/c1-4-7-10-13-16-19-22-25-28-31-38-62-54-45-52(58(61)65-53-37-36-48-41-50-43-49(57(59)60)35-34-47(50)42-51(48)44-53)46-55(63-39-32-29-26-23-20-17-14-11-8-5-2)56(54)64-40-33-30-27-24-21-18-15-12-9-6-3/h34-37,41-46H,4-33,38-40H2,1-3H3,(H,59,60). The summed E-state index contributed by atoms with van der Waals surface area (Å²) < 4.78 is 25.7. The highest BCUT2D eigenvalue weighted by Crippen LogP contribution is 2.40. The first-order valence-electron chi connectivity index (χ1n) is 26.4. The SMILES string of the molecule is CCCCCCCCCCCCOc1cc(C(=O)Oc2ccc3cc4cc(C(=O)O)ccc4cc3c2)cc(OCCCCCCCCCCCC)c1OCCCCCCCCCCCC. The lowest BCUT2D eigenvalue weighted by molar-refractivity contribution is 0.0694. The predicted octanol–water partition coefficient (Wildman–Crippen LogP) is 17.8. The molecule has 0 aliphatic carbocycles. The first-order valence-corrected chi connectivity index (χ1v) is 26.4. The van der Waals surface area contributed by atoms with Gasteiger partial charge in [-0.25, -0.2) is 9.59 Å². The molecule has 0 aliphatic heterocycles. The molecule has 0 spiro atoms. The monoisotopic (exact) mass is 895 g/mol. The van der Waals surface area contributed by atoms with Crippen molar-refractivity contribution < 1.29 is 33.6 Å². The van der Waals surface area contributed by atoms with E-state index in [0.717, 1.165) is 60.1 Å². The molecule has 0 saturated heterocycles. The summed E-state index contributed by atoms with van der Waals surface area (Å²) >= 11 is 0. The largest absolute Gasteiger partial charge is 0.490 e. The maximum Gasteiger partial charge on any atom is 0.343 e. The second-order valence-electron chi connectivity index (χ2n) is 18.5. The Morgan fingerprint density at radius 1 is 0.385 bits per heavy atom. The van der Waals surface area contributed by atoms with Crippen molar-refractivity contribution in [2.24, 2.45) is 0 Å². The van der Waals surface area contributed by atoms with E-state index in [4.69, 9.17) is 18.9 Å². The molecule has 4 rings (SSSR count). The molecule has 0 atom stereocenters. The quantitative estimate of drug-likeness (QED) is 0.0206. The van der Waals surface area contributed by atoms with Crippen LogP contribution in [0.15, 0.2) is 60.7 Å². The Morgan fingerprint density at radius 2 is 0.754 bits per heavy atom. The van der Waals surface area contributed by atoms with Gasteiger partial charge in [-0.15, -0.1) is 0 Å². The highest BCUT2D eigenvalue weighted by atomic mass is 16.5. The van der Waals surface area contributed by atoms with Crippen LogP contribution in [0.1, 0.15) is 234 Å². The smallest absolute Gasteiger partial charge is 0.343 e. The van der Waals surface area contributed by atoms with Crippen molar-refractivity contribution >= 4 is 33.5 Å². The van der Waals surface area contributed by atoms with Crippen molar-refractivity contribution in [3.8, 4) is 23.0 Å². The molecule has 4 aromatic rings. The van der Waals surface area contributed by atoms with Crippen LogP contribution in [-0.2, 0) is 0 Å². The Balaban J connectivity index is 1.46. The molecule has 0 aliphatic rings. The van der Waals surface area contributed by atoms with Gasteiger partial charge in [0.2, 0.25) is 5.75 Å². The molecule has 65 heavy (non-hydrogen) atoms. The van der Waals surface area contributed by atoms with Crippen LogP contribution in [0.4, 0.5) is 0 Å². The summed E-state index contributed by atoms with van der Waals surface area (Å²) in [5, 5.41) is 13.1. The summed E-state index contributed by atoms with van der Waals surface area (Å²) in [6, 6.07) is 18.1. The molecular formula is C58H86O7. The molecule has 4 aromatic carbocycles. The summed E-state index contributed by atoms with van der Waals surface area (Å²) in [7, 11) is 0. The molecule has 0 heterocycles. The zero-order valence-corrected chi connectivity index (χ0v) is 41.0. The van der Waals surface area contributed by atoms with E-state index in [2.05, 4.69) is 20.8 Å². The van der Waals surface area contributed by atoms with Crippen LogP contribution in [0, 0.1) is 0 Å². The number of rotatable bonds is 39. The van der Waals surface area contributed by atoms with Crippen molar-refractivity contribution in [3.63, 3.8) is 0 Å². The lowest BCUT2D eigenvalue weighted by Gasteiger charge is -2.19. The molecule has 0 fully saturated rings. The number of aromatic carboxylic acids is 1. The summed E-state index contributed by atoms with van der Waals surface area (Å²) in [5.41, 5.74) is 0.601. The number of hydrogen-bond acceptors (Lipinski definition) is 6. The predicted molar refractivity (Wildman–Crippen MR) is 272 cm³/mol. The number of carbonyl (C=O) groups is 2. The van der Waals surface area contributed by atoms with E-state index >= 15 is 0 Å². The fourth-order valence-corrected chi connectivity index (χ4v) is 8.70. The Kier molecular flexibility index (Phi) is 27.3. The number of carbonyl (C=O) groups excluding carboxylic acids is 1. The Hall–Kier alpha value is -4.26. The van der Waals surface area contributed by atoms with E-state index in [9.17, 15) is 14.7 Å². The zero-order chi connectivity index (χ0) is 46.2. The van der Waals surface area contributed by atoms with Gasteiger partial charge >= 0.3 is 11.9 Å². The van der Waals surface area contributed by atoms with Gasteiger partial charge in [0.25, 0.3) is 0 Å². The maximum absolute atomic E-state index is 14.0. The molecule has 0 radical (unpaired) electrons. The highest BCUT2D eigenvalue weighted by molar-refractivity contribution is 6.02. The van der Waals surface area contributed by atoms with Crippen LogP contribution in [-0.4, -0.2) is 36.9 Å². The average Bonchev–Trinajstić information content (AvgIpc) is 3.31. The maximum atomic E-state index is 14.0. The minimum absolute atomic E-state index is 0.247. The van der Waals surface area contributed by atoms with Crippen LogP contribution in [0.25, 0.3) is 21.5 Å². The minimum Gasteiger partial charge on any atom is -0.490 e. The molecule has 0 aromatic heterocycles. The number of carboxylic acids is 1. The van der Waals surface area contributed by atoms with Gasteiger partial charge in [0, 0.05) is 0 Å². The second-order valence-corrected chi connectivity index (χ2v) is 18.5. The van der Waals surface area contributed by atoms with Gasteiger partial charge in [-0.3, -0.25) is 0 Å². The molecule has 1 N–H and O–H groups in total. The number of fused-ring (bicyclic) bond motifs is 2. The normalized spacial score (nSPS) is 11.4. The van der Waals surface area contributed by atoms with Crippen molar-refractivity contribution in [2.75, 3.05) is 19.8 Å². The van der Waals surface area contributed by atoms with E-state index in [0.29, 0.717) is 48.4 Å².